The maximum absolute atomic E-state index is 14.4. The number of benzene rings is 3. The van der Waals surface area contributed by atoms with Gasteiger partial charge in [-0.15, -0.1) is 0 Å². The van der Waals surface area contributed by atoms with Gasteiger partial charge in [0.05, 0.1) is 50.6 Å². The summed E-state index contributed by atoms with van der Waals surface area (Å²) in [5.74, 6) is 2.39. The minimum absolute atomic E-state index is 0.0991. The van der Waals surface area contributed by atoms with E-state index in [-0.39, 0.29) is 29.9 Å². The summed E-state index contributed by atoms with van der Waals surface area (Å²) in [6, 6.07) is 15.9. The highest BCUT2D eigenvalue weighted by Gasteiger charge is 2.34. The number of morpholine rings is 1. The topological polar surface area (TPSA) is 104 Å². The van der Waals surface area contributed by atoms with Gasteiger partial charge in [-0.1, -0.05) is 12.1 Å². The molecule has 248 valence electrons. The molecule has 10 nitrogen and oxygen atoms in total. The fourth-order valence-corrected chi connectivity index (χ4v) is 7.50. The Labute approximate surface area is 272 Å². The van der Waals surface area contributed by atoms with Crippen LogP contribution >= 0.6 is 0 Å². The van der Waals surface area contributed by atoms with E-state index >= 15 is 0 Å². The van der Waals surface area contributed by atoms with Crippen molar-refractivity contribution in [2.75, 3.05) is 59.3 Å². The Balaban J connectivity index is 1.54. The molecular formula is C35H44N2O8S. The molecular weight excluding hydrogens is 608 g/mol. The molecule has 0 saturated carbocycles. The number of sulfonamides is 1. The summed E-state index contributed by atoms with van der Waals surface area (Å²) in [6.07, 6.45) is 1.11. The third-order valence-corrected chi connectivity index (χ3v) is 10.0. The number of hydrogen-bond acceptors (Lipinski definition) is 8. The van der Waals surface area contributed by atoms with Crippen molar-refractivity contribution in [3.8, 4) is 23.0 Å². The van der Waals surface area contributed by atoms with Crippen molar-refractivity contribution in [2.45, 2.75) is 51.5 Å². The molecule has 3 aromatic rings. The van der Waals surface area contributed by atoms with Gasteiger partial charge >= 0.3 is 0 Å². The Morgan fingerprint density at radius 1 is 0.783 bits per heavy atom. The Morgan fingerprint density at radius 2 is 1.41 bits per heavy atom. The Morgan fingerprint density at radius 3 is 2.09 bits per heavy atom. The molecule has 2 heterocycles. The second kappa shape index (κ2) is 15.2. The van der Waals surface area contributed by atoms with Crippen molar-refractivity contribution < 1.29 is 36.9 Å². The first-order chi connectivity index (χ1) is 22.3. The fraction of sp³-hybridized carbons (Fsp3) is 0.457. The van der Waals surface area contributed by atoms with E-state index in [0.29, 0.717) is 87.6 Å². The Hall–Kier alpha value is -3.80. The van der Waals surface area contributed by atoms with Crippen LogP contribution in [-0.2, 0) is 27.6 Å². The van der Waals surface area contributed by atoms with Crippen LogP contribution in [0.15, 0.2) is 59.5 Å². The van der Waals surface area contributed by atoms with Crippen LogP contribution in [0.4, 0.5) is 0 Å². The van der Waals surface area contributed by atoms with Gasteiger partial charge in [-0.25, -0.2) is 8.42 Å². The number of ether oxygens (including phenoxy) is 5. The van der Waals surface area contributed by atoms with E-state index in [0.717, 1.165) is 16.7 Å². The zero-order valence-corrected chi connectivity index (χ0v) is 27.9. The number of carbonyl (C=O) groups is 1. The lowest BCUT2D eigenvalue weighted by atomic mass is 9.87. The van der Waals surface area contributed by atoms with Gasteiger partial charge in [0.25, 0.3) is 5.91 Å². The van der Waals surface area contributed by atoms with E-state index in [1.807, 2.05) is 62.9 Å². The molecule has 3 aromatic carbocycles. The van der Waals surface area contributed by atoms with Crippen LogP contribution in [-0.4, -0.2) is 82.8 Å². The minimum Gasteiger partial charge on any atom is -0.490 e. The van der Waals surface area contributed by atoms with E-state index in [1.54, 1.807) is 18.2 Å². The normalized spacial score (nSPS) is 16.9. The Kier molecular flexibility index (Phi) is 11.1. The zero-order valence-electron chi connectivity index (χ0n) is 27.1. The van der Waals surface area contributed by atoms with E-state index in [1.165, 1.54) is 10.4 Å². The maximum atomic E-state index is 14.4. The van der Waals surface area contributed by atoms with Crippen molar-refractivity contribution >= 4 is 15.9 Å². The first-order valence-corrected chi connectivity index (χ1v) is 17.5. The predicted octanol–water partition coefficient (Wildman–Crippen LogP) is 5.28. The summed E-state index contributed by atoms with van der Waals surface area (Å²) >= 11 is 0. The van der Waals surface area contributed by atoms with E-state index < -0.39 is 10.0 Å². The summed E-state index contributed by atoms with van der Waals surface area (Å²) in [4.78, 5) is 16.3. The van der Waals surface area contributed by atoms with Crippen molar-refractivity contribution in [2.24, 2.45) is 0 Å². The second-order valence-corrected chi connectivity index (χ2v) is 13.0. The van der Waals surface area contributed by atoms with Gasteiger partial charge < -0.3 is 28.6 Å². The number of rotatable bonds is 13. The average Bonchev–Trinajstić information content (AvgIpc) is 3.07. The lowest BCUT2D eigenvalue weighted by Crippen LogP contribution is -2.42. The van der Waals surface area contributed by atoms with Crippen LogP contribution in [0, 0.1) is 0 Å². The molecule has 2 aliphatic heterocycles. The molecule has 1 saturated heterocycles. The zero-order chi connectivity index (χ0) is 32.7. The lowest BCUT2D eigenvalue weighted by molar-refractivity contribution is 0.0658. The number of amides is 1. The highest BCUT2D eigenvalue weighted by molar-refractivity contribution is 7.89. The molecule has 0 aliphatic carbocycles. The third kappa shape index (κ3) is 7.27. The molecule has 0 radical (unpaired) electrons. The first-order valence-electron chi connectivity index (χ1n) is 16.1. The van der Waals surface area contributed by atoms with Crippen LogP contribution in [0.25, 0.3) is 0 Å². The van der Waals surface area contributed by atoms with Crippen LogP contribution < -0.4 is 18.9 Å². The summed E-state index contributed by atoms with van der Waals surface area (Å²) in [7, 11) is -3.77. The van der Waals surface area contributed by atoms with Gasteiger partial charge in [0.2, 0.25) is 10.0 Å². The molecule has 0 bridgehead atoms. The number of fused-ring (bicyclic) bond motifs is 1. The van der Waals surface area contributed by atoms with E-state index in [4.69, 9.17) is 23.7 Å². The van der Waals surface area contributed by atoms with Gasteiger partial charge in [-0.05, 0) is 99.7 Å². The van der Waals surface area contributed by atoms with Gasteiger partial charge in [-0.3, -0.25) is 4.79 Å². The van der Waals surface area contributed by atoms with Crippen molar-refractivity contribution in [3.05, 3.63) is 76.9 Å². The van der Waals surface area contributed by atoms with Crippen molar-refractivity contribution in [3.63, 3.8) is 0 Å². The van der Waals surface area contributed by atoms with Crippen LogP contribution in [0.1, 0.15) is 60.8 Å². The smallest absolute Gasteiger partial charge is 0.254 e. The summed E-state index contributed by atoms with van der Waals surface area (Å²) in [6.45, 7) is 11.4. The third-order valence-electron chi connectivity index (χ3n) is 8.15. The lowest BCUT2D eigenvalue weighted by Gasteiger charge is -2.38. The summed E-state index contributed by atoms with van der Waals surface area (Å²) in [5, 5.41) is 0. The summed E-state index contributed by atoms with van der Waals surface area (Å²) < 4.78 is 57.3. The highest BCUT2D eigenvalue weighted by Crippen LogP contribution is 2.41. The average molecular weight is 653 g/mol. The minimum atomic E-state index is -3.77. The van der Waals surface area contributed by atoms with Gasteiger partial charge in [0.15, 0.2) is 23.0 Å². The monoisotopic (exact) mass is 652 g/mol. The molecule has 2 aliphatic rings. The molecule has 1 fully saturated rings. The standard InChI is InChI=1S/C35H44N2O8S/c1-5-42-31-13-12-25(21-32(31)43-6-2)20-30-29-24-34(45-8-4)33(44-7-3)23-26(29)14-15-37(30)35(38)27-10-9-11-28(22-27)46(39,40)36-16-18-41-19-17-36/h9-13,21-24,30H,5-8,14-20H2,1-4H3. The maximum Gasteiger partial charge on any atom is 0.254 e. The number of hydrogen-bond donors (Lipinski definition) is 0. The van der Waals surface area contributed by atoms with E-state index in [9.17, 15) is 13.2 Å². The van der Waals surface area contributed by atoms with Crippen LogP contribution in [0.2, 0.25) is 0 Å². The van der Waals surface area contributed by atoms with Gasteiger partial charge in [0.1, 0.15) is 0 Å². The second-order valence-electron chi connectivity index (χ2n) is 11.0. The molecule has 0 aromatic heterocycles. The SMILES string of the molecule is CCOc1ccc(CC2c3cc(OCC)c(OCC)cc3CCN2C(=O)c2cccc(S(=O)(=O)N3CCOCC3)c2)cc1OCC. The fourth-order valence-electron chi connectivity index (χ4n) is 6.05. The van der Waals surface area contributed by atoms with Crippen molar-refractivity contribution in [1.82, 2.24) is 9.21 Å². The number of nitrogens with zero attached hydrogens (tertiary/aromatic N) is 2. The Bertz CT molecular complexity index is 1620. The quantitative estimate of drug-likeness (QED) is 0.246. The molecule has 46 heavy (non-hydrogen) atoms. The van der Waals surface area contributed by atoms with Crippen LogP contribution in [0.3, 0.4) is 0 Å². The molecule has 5 rings (SSSR count). The first kappa shape index (κ1) is 33.6. The largest absolute Gasteiger partial charge is 0.490 e. The highest BCUT2D eigenvalue weighted by atomic mass is 32.2. The van der Waals surface area contributed by atoms with E-state index in [2.05, 4.69) is 0 Å². The predicted molar refractivity (Wildman–Crippen MR) is 175 cm³/mol. The summed E-state index contributed by atoms with van der Waals surface area (Å²) in [5.41, 5.74) is 3.34. The molecule has 1 unspecified atom stereocenters. The molecule has 1 atom stereocenters. The molecule has 0 N–H and O–H groups in total. The van der Waals surface area contributed by atoms with Gasteiger partial charge in [0, 0.05) is 25.2 Å². The number of carbonyl (C=O) groups excluding carboxylic acids is 1. The molecule has 11 heteroatoms. The van der Waals surface area contributed by atoms with Crippen LogP contribution in [0.5, 0.6) is 23.0 Å². The molecule has 0 spiro atoms. The van der Waals surface area contributed by atoms with Crippen molar-refractivity contribution in [1.29, 1.82) is 0 Å². The molecule has 1 amide bonds. The van der Waals surface area contributed by atoms with Gasteiger partial charge in [-0.2, -0.15) is 4.31 Å².